The highest BCUT2D eigenvalue weighted by Gasteiger charge is 2.57. The zero-order valence-electron chi connectivity index (χ0n) is 17.5. The maximum absolute atomic E-state index is 13.9. The van der Waals surface area contributed by atoms with Gasteiger partial charge in [0.05, 0.1) is 5.54 Å². The number of carbonyl (C=O) groups is 2. The Labute approximate surface area is 172 Å². The third-order valence-electron chi connectivity index (χ3n) is 7.67. The van der Waals surface area contributed by atoms with Crippen LogP contribution in [0.5, 0.6) is 0 Å². The molecular weight excluding hydrogens is 371 g/mol. The van der Waals surface area contributed by atoms with Crippen molar-refractivity contribution in [2.45, 2.75) is 70.9 Å². The lowest BCUT2D eigenvalue weighted by Crippen LogP contribution is -2.54. The molecule has 2 heterocycles. The van der Waals surface area contributed by atoms with E-state index >= 15 is 0 Å². The number of nitrogens with zero attached hydrogens (tertiary/aromatic N) is 2. The summed E-state index contributed by atoms with van der Waals surface area (Å²) in [5.74, 6) is 0.0875. The van der Waals surface area contributed by atoms with E-state index in [1.165, 1.54) is 11.1 Å². The lowest BCUT2D eigenvalue weighted by atomic mass is 9.85. The van der Waals surface area contributed by atoms with Gasteiger partial charge in [0.1, 0.15) is 12.4 Å². The van der Waals surface area contributed by atoms with Crippen LogP contribution in [0.4, 0.5) is 4.39 Å². The van der Waals surface area contributed by atoms with Gasteiger partial charge in [-0.25, -0.2) is 9.45 Å². The largest absolute Gasteiger partial charge is 0.342 e. The molecule has 3 aliphatic rings. The molecule has 4 rings (SSSR count). The van der Waals surface area contributed by atoms with E-state index in [4.69, 9.17) is 4.84 Å². The van der Waals surface area contributed by atoms with Crippen molar-refractivity contribution in [3.63, 3.8) is 0 Å². The Bertz CT molecular complexity index is 784. The minimum absolute atomic E-state index is 0.0421. The van der Waals surface area contributed by atoms with Gasteiger partial charge in [-0.15, -0.1) is 0 Å². The number of carbonyl (C=O) groups excluding carboxylic acids is 2. The second-order valence-electron chi connectivity index (χ2n) is 8.93. The molecule has 3 fully saturated rings. The first-order valence-electron chi connectivity index (χ1n) is 10.9. The lowest BCUT2D eigenvalue weighted by Gasteiger charge is -2.44. The van der Waals surface area contributed by atoms with Gasteiger partial charge in [-0.05, 0) is 50.0 Å². The highest BCUT2D eigenvalue weighted by Crippen LogP contribution is 2.58. The van der Waals surface area contributed by atoms with Gasteiger partial charge in [0.2, 0.25) is 11.8 Å². The van der Waals surface area contributed by atoms with Gasteiger partial charge in [0.25, 0.3) is 0 Å². The number of amides is 2. The molecule has 0 N–H and O–H groups in total. The third-order valence-corrected chi connectivity index (χ3v) is 7.67. The Morgan fingerprint density at radius 1 is 1.17 bits per heavy atom. The van der Waals surface area contributed by atoms with Crippen LogP contribution in [0.3, 0.4) is 0 Å². The molecule has 1 saturated carbocycles. The van der Waals surface area contributed by atoms with E-state index in [1.807, 2.05) is 4.90 Å². The van der Waals surface area contributed by atoms with Crippen LogP contribution in [0.25, 0.3) is 0 Å². The quantitative estimate of drug-likeness (QED) is 0.721. The number of piperidine rings is 1. The van der Waals surface area contributed by atoms with Gasteiger partial charge < -0.3 is 4.90 Å². The normalized spacial score (nSPS) is 24.9. The first kappa shape index (κ1) is 20.3. The molecule has 0 radical (unpaired) electrons. The molecule has 1 spiro atoms. The molecule has 158 valence electrons. The van der Waals surface area contributed by atoms with Crippen molar-refractivity contribution in [3.05, 3.63) is 35.6 Å². The molecular formula is C23H31FN2O3. The summed E-state index contributed by atoms with van der Waals surface area (Å²) in [5, 5.41) is 1.50. The van der Waals surface area contributed by atoms with Crippen molar-refractivity contribution in [1.29, 1.82) is 0 Å². The number of likely N-dealkylation sites (tertiary alicyclic amines) is 1. The Hall–Kier alpha value is -1.95. The van der Waals surface area contributed by atoms with Gasteiger partial charge in [-0.3, -0.25) is 14.4 Å². The summed E-state index contributed by atoms with van der Waals surface area (Å²) in [7, 11) is 0. The van der Waals surface area contributed by atoms with Crippen molar-refractivity contribution >= 4 is 11.8 Å². The lowest BCUT2D eigenvalue weighted by molar-refractivity contribution is -0.222. The molecule has 1 aliphatic carbocycles. The third kappa shape index (κ3) is 3.56. The van der Waals surface area contributed by atoms with E-state index in [0.29, 0.717) is 25.1 Å². The van der Waals surface area contributed by atoms with Crippen LogP contribution in [-0.2, 0) is 21.0 Å². The highest BCUT2D eigenvalue weighted by molar-refractivity contribution is 5.83. The van der Waals surface area contributed by atoms with Gasteiger partial charge in [-0.2, -0.15) is 0 Å². The summed E-state index contributed by atoms with van der Waals surface area (Å²) in [4.78, 5) is 33.3. The molecule has 0 aromatic heterocycles. The molecule has 29 heavy (non-hydrogen) atoms. The second kappa shape index (κ2) is 7.71. The van der Waals surface area contributed by atoms with Crippen LogP contribution in [0.2, 0.25) is 0 Å². The molecule has 6 heteroatoms. The van der Waals surface area contributed by atoms with Gasteiger partial charge in [-0.1, -0.05) is 32.0 Å². The van der Waals surface area contributed by atoms with Crippen molar-refractivity contribution in [1.82, 2.24) is 9.96 Å². The number of hydroxylamine groups is 2. The van der Waals surface area contributed by atoms with E-state index in [9.17, 15) is 14.0 Å². The van der Waals surface area contributed by atoms with Crippen LogP contribution in [0.15, 0.2) is 24.3 Å². The first-order chi connectivity index (χ1) is 13.9. The number of halogens is 1. The molecule has 0 bridgehead atoms. The Kier molecular flexibility index (Phi) is 5.40. The SMILES string of the molecule is CCC1(CC)CC1C(=O)N1CCC2(CCC(=O)N2OCc2ccccc2F)CC1. The standard InChI is InChI=1S/C23H31FN2O3/c1-3-22(4-2)15-18(22)21(28)25-13-11-23(12-14-25)10-9-20(27)26(23)29-16-17-7-5-6-8-19(17)24/h5-8,18H,3-4,9-16H2,1-2H3. The van der Waals surface area contributed by atoms with Crippen molar-refractivity contribution < 1.29 is 18.8 Å². The van der Waals surface area contributed by atoms with Gasteiger partial charge >= 0.3 is 0 Å². The molecule has 5 nitrogen and oxygen atoms in total. The van der Waals surface area contributed by atoms with Gasteiger partial charge in [0, 0.05) is 31.0 Å². The fourth-order valence-corrected chi connectivity index (χ4v) is 5.31. The van der Waals surface area contributed by atoms with Crippen molar-refractivity contribution in [2.75, 3.05) is 13.1 Å². The van der Waals surface area contributed by atoms with E-state index in [1.54, 1.807) is 18.2 Å². The monoisotopic (exact) mass is 402 g/mol. The summed E-state index contributed by atoms with van der Waals surface area (Å²) in [6, 6.07) is 6.47. The molecule has 2 amide bonds. The highest BCUT2D eigenvalue weighted by atomic mass is 19.1. The van der Waals surface area contributed by atoms with Crippen LogP contribution in [-0.4, -0.2) is 40.4 Å². The average molecular weight is 403 g/mol. The number of hydrogen-bond acceptors (Lipinski definition) is 3. The Morgan fingerprint density at radius 3 is 2.48 bits per heavy atom. The van der Waals surface area contributed by atoms with E-state index in [2.05, 4.69) is 13.8 Å². The van der Waals surface area contributed by atoms with Crippen LogP contribution < -0.4 is 0 Å². The maximum atomic E-state index is 13.9. The fourth-order valence-electron chi connectivity index (χ4n) is 5.31. The summed E-state index contributed by atoms with van der Waals surface area (Å²) in [6.45, 7) is 5.71. The summed E-state index contributed by atoms with van der Waals surface area (Å²) in [6.07, 6.45) is 5.76. The Balaban J connectivity index is 1.38. The molecule has 2 aliphatic heterocycles. The average Bonchev–Trinajstić information content (AvgIpc) is 3.41. The summed E-state index contributed by atoms with van der Waals surface area (Å²) in [5.41, 5.74) is 0.291. The van der Waals surface area contributed by atoms with Crippen LogP contribution in [0, 0.1) is 17.2 Å². The second-order valence-corrected chi connectivity index (χ2v) is 8.93. The van der Waals surface area contributed by atoms with Crippen LogP contribution >= 0.6 is 0 Å². The predicted octanol–water partition coefficient (Wildman–Crippen LogP) is 4.07. The smallest absolute Gasteiger partial charge is 0.246 e. The van der Waals surface area contributed by atoms with Crippen molar-refractivity contribution in [3.8, 4) is 0 Å². The molecule has 1 aromatic carbocycles. The predicted molar refractivity (Wildman–Crippen MR) is 107 cm³/mol. The van der Waals surface area contributed by atoms with E-state index in [0.717, 1.165) is 38.5 Å². The van der Waals surface area contributed by atoms with Crippen LogP contribution in [0.1, 0.15) is 64.4 Å². The zero-order chi connectivity index (χ0) is 20.6. The minimum Gasteiger partial charge on any atom is -0.342 e. The zero-order valence-corrected chi connectivity index (χ0v) is 17.5. The molecule has 1 unspecified atom stereocenters. The topological polar surface area (TPSA) is 49.9 Å². The Morgan fingerprint density at radius 2 is 1.86 bits per heavy atom. The molecule has 1 atom stereocenters. The summed E-state index contributed by atoms with van der Waals surface area (Å²) < 4.78 is 13.9. The van der Waals surface area contributed by atoms with E-state index < -0.39 is 0 Å². The van der Waals surface area contributed by atoms with E-state index in [-0.39, 0.29) is 41.1 Å². The van der Waals surface area contributed by atoms with Crippen molar-refractivity contribution in [2.24, 2.45) is 11.3 Å². The number of rotatable bonds is 6. The minimum atomic E-state index is -0.366. The summed E-state index contributed by atoms with van der Waals surface area (Å²) >= 11 is 0. The first-order valence-corrected chi connectivity index (χ1v) is 10.9. The number of benzene rings is 1. The van der Waals surface area contributed by atoms with Gasteiger partial charge in [0.15, 0.2) is 0 Å². The maximum Gasteiger partial charge on any atom is 0.246 e. The number of hydrogen-bond donors (Lipinski definition) is 0. The molecule has 2 saturated heterocycles. The molecule has 1 aromatic rings. The fraction of sp³-hybridized carbons (Fsp3) is 0.652.